The first-order valence-corrected chi connectivity index (χ1v) is 5.71. The van der Waals surface area contributed by atoms with E-state index in [0.29, 0.717) is 0 Å². The molecule has 0 saturated carbocycles. The number of aliphatic hydroxyl groups is 1. The van der Waals surface area contributed by atoms with Crippen molar-refractivity contribution < 1.29 is 19.4 Å². The number of rotatable bonds is 6. The molecule has 4 N–H and O–H groups in total. The third kappa shape index (κ3) is 5.14. The van der Waals surface area contributed by atoms with Crippen LogP contribution in [0.1, 0.15) is 27.7 Å². The molecule has 0 aromatic carbocycles. The van der Waals surface area contributed by atoms with E-state index in [1.807, 2.05) is 0 Å². The minimum atomic E-state index is -1.08. The predicted molar refractivity (Wildman–Crippen MR) is 63.1 cm³/mol. The van der Waals surface area contributed by atoms with Crippen LogP contribution in [-0.2, 0) is 14.3 Å². The zero-order chi connectivity index (χ0) is 13.6. The molecule has 0 rings (SSSR count). The highest BCUT2D eigenvalue weighted by Crippen LogP contribution is 2.02. The molecule has 0 aromatic rings. The fourth-order valence-corrected chi connectivity index (χ4v) is 1.16. The van der Waals surface area contributed by atoms with Gasteiger partial charge in [-0.3, -0.25) is 4.79 Å². The summed E-state index contributed by atoms with van der Waals surface area (Å²) in [6.45, 7) is 6.84. The average molecular weight is 246 g/mol. The van der Waals surface area contributed by atoms with Crippen LogP contribution in [0.2, 0.25) is 0 Å². The van der Waals surface area contributed by atoms with E-state index in [9.17, 15) is 14.7 Å². The summed E-state index contributed by atoms with van der Waals surface area (Å²) in [5.74, 6) is -1.18. The summed E-state index contributed by atoms with van der Waals surface area (Å²) in [6.07, 6.45) is -1.03. The van der Waals surface area contributed by atoms with Crippen LogP contribution < -0.4 is 11.1 Å². The number of ether oxygens (including phenoxy) is 1. The standard InChI is InChI=1S/C11H22N2O4/c1-5-17-11(16)9(7(4)14)13-10(15)8(12)6(2)3/h6-9,14H,5,12H2,1-4H3,(H,13,15)/t7-,8+,9+/m1/s1. The van der Waals surface area contributed by atoms with Crippen molar-refractivity contribution in [2.75, 3.05) is 6.61 Å². The van der Waals surface area contributed by atoms with Crippen molar-refractivity contribution in [3.05, 3.63) is 0 Å². The third-order valence-electron chi connectivity index (χ3n) is 2.34. The Hall–Kier alpha value is -1.14. The van der Waals surface area contributed by atoms with Gasteiger partial charge in [0.2, 0.25) is 5.91 Å². The lowest BCUT2D eigenvalue weighted by molar-refractivity contribution is -0.150. The van der Waals surface area contributed by atoms with E-state index in [4.69, 9.17) is 10.5 Å². The molecule has 100 valence electrons. The molecule has 0 saturated heterocycles. The minimum absolute atomic E-state index is 0.0492. The Balaban J connectivity index is 4.55. The normalized spacial score (nSPS) is 16.2. The fourth-order valence-electron chi connectivity index (χ4n) is 1.16. The Morgan fingerprint density at radius 3 is 2.24 bits per heavy atom. The van der Waals surface area contributed by atoms with Crippen LogP contribution in [0, 0.1) is 5.92 Å². The van der Waals surface area contributed by atoms with E-state index < -0.39 is 30.1 Å². The monoisotopic (exact) mass is 246 g/mol. The quantitative estimate of drug-likeness (QED) is 0.543. The molecule has 0 bridgehead atoms. The molecule has 0 aliphatic rings. The Morgan fingerprint density at radius 1 is 1.35 bits per heavy atom. The molecule has 0 aromatic heterocycles. The van der Waals surface area contributed by atoms with Crippen LogP contribution in [-0.4, -0.2) is 41.8 Å². The van der Waals surface area contributed by atoms with Gasteiger partial charge in [0.15, 0.2) is 6.04 Å². The number of amides is 1. The lowest BCUT2D eigenvalue weighted by atomic mass is 10.0. The molecular weight excluding hydrogens is 224 g/mol. The van der Waals surface area contributed by atoms with Crippen LogP contribution in [0.3, 0.4) is 0 Å². The molecule has 0 fully saturated rings. The fraction of sp³-hybridized carbons (Fsp3) is 0.818. The van der Waals surface area contributed by atoms with Crippen molar-refractivity contribution in [2.45, 2.75) is 45.9 Å². The highest BCUT2D eigenvalue weighted by molar-refractivity contribution is 5.87. The van der Waals surface area contributed by atoms with Crippen molar-refractivity contribution in [2.24, 2.45) is 11.7 Å². The van der Waals surface area contributed by atoms with Gasteiger partial charge in [-0.2, -0.15) is 0 Å². The van der Waals surface area contributed by atoms with E-state index in [0.717, 1.165) is 0 Å². The SMILES string of the molecule is CCOC(=O)[C@@H](NC(=O)[C@@H](N)C(C)C)[C@@H](C)O. The molecule has 0 aliphatic carbocycles. The van der Waals surface area contributed by atoms with Crippen LogP contribution in [0.25, 0.3) is 0 Å². The van der Waals surface area contributed by atoms with E-state index >= 15 is 0 Å². The molecule has 6 nitrogen and oxygen atoms in total. The maximum atomic E-state index is 11.7. The second-order valence-electron chi connectivity index (χ2n) is 4.25. The van der Waals surface area contributed by atoms with Crippen molar-refractivity contribution >= 4 is 11.9 Å². The maximum absolute atomic E-state index is 11.7. The van der Waals surface area contributed by atoms with Crippen molar-refractivity contribution in [1.82, 2.24) is 5.32 Å². The molecule has 0 heterocycles. The van der Waals surface area contributed by atoms with Gasteiger partial charge in [0, 0.05) is 0 Å². The molecule has 0 radical (unpaired) electrons. The lowest BCUT2D eigenvalue weighted by Crippen LogP contribution is -2.54. The Morgan fingerprint density at radius 2 is 1.88 bits per heavy atom. The molecule has 3 atom stereocenters. The van der Waals surface area contributed by atoms with E-state index in [-0.39, 0.29) is 12.5 Å². The van der Waals surface area contributed by atoms with Crippen LogP contribution in [0.15, 0.2) is 0 Å². The second-order valence-corrected chi connectivity index (χ2v) is 4.25. The number of nitrogens with two attached hydrogens (primary N) is 1. The highest BCUT2D eigenvalue weighted by Gasteiger charge is 2.29. The zero-order valence-electron chi connectivity index (χ0n) is 10.8. The smallest absolute Gasteiger partial charge is 0.331 e. The van der Waals surface area contributed by atoms with Gasteiger partial charge in [-0.15, -0.1) is 0 Å². The minimum Gasteiger partial charge on any atom is -0.464 e. The molecule has 17 heavy (non-hydrogen) atoms. The summed E-state index contributed by atoms with van der Waals surface area (Å²) in [6, 6.07) is -1.79. The first-order chi connectivity index (χ1) is 7.81. The maximum Gasteiger partial charge on any atom is 0.331 e. The second kappa shape index (κ2) is 7.24. The van der Waals surface area contributed by atoms with Gasteiger partial charge in [-0.05, 0) is 19.8 Å². The Labute approximate surface area is 102 Å². The summed E-state index contributed by atoms with van der Waals surface area (Å²) in [4.78, 5) is 23.1. The number of aliphatic hydroxyl groups excluding tert-OH is 1. The van der Waals surface area contributed by atoms with E-state index in [2.05, 4.69) is 5.32 Å². The topological polar surface area (TPSA) is 102 Å². The number of carbonyl (C=O) groups is 2. The molecule has 1 amide bonds. The Bertz CT molecular complexity index is 266. The van der Waals surface area contributed by atoms with Gasteiger partial charge in [0.25, 0.3) is 0 Å². The first kappa shape index (κ1) is 15.9. The van der Waals surface area contributed by atoms with Crippen molar-refractivity contribution in [1.29, 1.82) is 0 Å². The van der Waals surface area contributed by atoms with Crippen LogP contribution in [0.4, 0.5) is 0 Å². The number of hydrogen-bond donors (Lipinski definition) is 3. The van der Waals surface area contributed by atoms with Crippen LogP contribution >= 0.6 is 0 Å². The highest BCUT2D eigenvalue weighted by atomic mass is 16.5. The lowest BCUT2D eigenvalue weighted by Gasteiger charge is -2.22. The molecule has 0 spiro atoms. The van der Waals surface area contributed by atoms with Gasteiger partial charge in [0.05, 0.1) is 18.8 Å². The van der Waals surface area contributed by atoms with Gasteiger partial charge < -0.3 is 20.9 Å². The Kier molecular flexibility index (Phi) is 6.75. The predicted octanol–water partition coefficient (Wildman–Crippen LogP) is -0.602. The van der Waals surface area contributed by atoms with Gasteiger partial charge >= 0.3 is 5.97 Å². The van der Waals surface area contributed by atoms with Crippen molar-refractivity contribution in [3.8, 4) is 0 Å². The summed E-state index contributed by atoms with van der Waals surface area (Å²) in [5, 5.41) is 11.8. The van der Waals surface area contributed by atoms with Gasteiger partial charge in [-0.1, -0.05) is 13.8 Å². The molecule has 0 unspecified atom stereocenters. The van der Waals surface area contributed by atoms with Gasteiger partial charge in [-0.25, -0.2) is 4.79 Å². The number of esters is 1. The largest absolute Gasteiger partial charge is 0.464 e. The first-order valence-electron chi connectivity index (χ1n) is 5.71. The third-order valence-corrected chi connectivity index (χ3v) is 2.34. The van der Waals surface area contributed by atoms with Crippen LogP contribution in [0.5, 0.6) is 0 Å². The van der Waals surface area contributed by atoms with Gasteiger partial charge in [0.1, 0.15) is 0 Å². The van der Waals surface area contributed by atoms with Crippen molar-refractivity contribution in [3.63, 3.8) is 0 Å². The summed E-state index contributed by atoms with van der Waals surface area (Å²) in [7, 11) is 0. The molecule has 6 heteroatoms. The summed E-state index contributed by atoms with van der Waals surface area (Å²) in [5.41, 5.74) is 5.64. The average Bonchev–Trinajstić information content (AvgIpc) is 2.23. The summed E-state index contributed by atoms with van der Waals surface area (Å²) < 4.78 is 4.75. The van der Waals surface area contributed by atoms with E-state index in [1.165, 1.54) is 6.92 Å². The molecule has 0 aliphatic heterocycles. The number of nitrogens with one attached hydrogen (secondary N) is 1. The molecular formula is C11H22N2O4. The number of carbonyl (C=O) groups excluding carboxylic acids is 2. The summed E-state index contributed by atoms with van der Waals surface area (Å²) >= 11 is 0. The zero-order valence-corrected chi connectivity index (χ0v) is 10.8. The number of hydrogen-bond acceptors (Lipinski definition) is 5. The van der Waals surface area contributed by atoms with E-state index in [1.54, 1.807) is 20.8 Å².